The van der Waals surface area contributed by atoms with Crippen molar-refractivity contribution in [1.82, 2.24) is 0 Å². The van der Waals surface area contributed by atoms with Crippen LogP contribution in [0.2, 0.25) is 0 Å². The molecule has 19 heteroatoms. The van der Waals surface area contributed by atoms with E-state index in [4.69, 9.17) is 37.0 Å². The zero-order chi connectivity index (χ0) is 66.1. The van der Waals surface area contributed by atoms with Gasteiger partial charge in [0.25, 0.3) is 0 Å². The monoisotopic (exact) mass is 1310 g/mol. The van der Waals surface area contributed by atoms with Crippen molar-refractivity contribution in [3.63, 3.8) is 0 Å². The van der Waals surface area contributed by atoms with Crippen LogP contribution < -0.4 is 0 Å². The highest BCUT2D eigenvalue weighted by Gasteiger charge is 2.30. The SMILES string of the molecule is CCC(C)CCCCCCCCCCCCC(=O)O[C@H](COC(=O)CCCCCCCCCCCCCCC(C)C)COP(=O)(O)OCC(O)COP(=O)(O)OC[C@@H](COC(=O)CCCCCCCCCCC(C)C)OC(=O)CCCCCCCCC(C)C. The van der Waals surface area contributed by atoms with Gasteiger partial charge in [-0.2, -0.15) is 0 Å². The maximum absolute atomic E-state index is 13.0. The molecule has 0 rings (SSSR count). The maximum atomic E-state index is 13.0. The van der Waals surface area contributed by atoms with E-state index in [1.165, 1.54) is 148 Å². The molecule has 0 spiro atoms. The molecule has 528 valence electrons. The van der Waals surface area contributed by atoms with Crippen LogP contribution in [0.3, 0.4) is 0 Å². The third kappa shape index (κ3) is 63.2. The van der Waals surface area contributed by atoms with Crippen molar-refractivity contribution in [3.8, 4) is 0 Å². The third-order valence-electron chi connectivity index (χ3n) is 16.4. The second-order valence-corrected chi connectivity index (χ2v) is 29.8. The molecule has 0 aliphatic carbocycles. The topological polar surface area (TPSA) is 237 Å². The summed E-state index contributed by atoms with van der Waals surface area (Å²) in [4.78, 5) is 72.5. The van der Waals surface area contributed by atoms with Gasteiger partial charge in [0.15, 0.2) is 12.2 Å². The highest BCUT2D eigenvalue weighted by Crippen LogP contribution is 2.45. The molecule has 0 fully saturated rings. The number of hydrogen-bond donors (Lipinski definition) is 3. The Balaban J connectivity index is 5.24. The fourth-order valence-electron chi connectivity index (χ4n) is 10.5. The van der Waals surface area contributed by atoms with Crippen LogP contribution in [0.25, 0.3) is 0 Å². The summed E-state index contributed by atoms with van der Waals surface area (Å²) in [7, 11) is -9.90. The summed E-state index contributed by atoms with van der Waals surface area (Å²) in [6, 6.07) is 0. The Bertz CT molecular complexity index is 1770. The summed E-state index contributed by atoms with van der Waals surface area (Å²) in [5.41, 5.74) is 0. The van der Waals surface area contributed by atoms with Gasteiger partial charge in [0.05, 0.1) is 26.4 Å². The first-order chi connectivity index (χ1) is 42.6. The number of carbonyl (C=O) groups is 4. The smallest absolute Gasteiger partial charge is 0.462 e. The summed E-state index contributed by atoms with van der Waals surface area (Å²) in [6.45, 7) is 14.1. The molecule has 89 heavy (non-hydrogen) atoms. The van der Waals surface area contributed by atoms with E-state index >= 15 is 0 Å². The second kappa shape index (κ2) is 59.8. The number of rotatable bonds is 67. The first-order valence-corrected chi connectivity index (χ1v) is 39.2. The van der Waals surface area contributed by atoms with Crippen molar-refractivity contribution in [2.45, 2.75) is 363 Å². The zero-order valence-corrected chi connectivity index (χ0v) is 59.8. The van der Waals surface area contributed by atoms with Crippen molar-refractivity contribution in [2.75, 3.05) is 39.6 Å². The minimum absolute atomic E-state index is 0.101. The van der Waals surface area contributed by atoms with E-state index in [2.05, 4.69) is 55.4 Å². The Labute approximate surface area is 543 Å². The van der Waals surface area contributed by atoms with Gasteiger partial charge >= 0.3 is 39.5 Å². The Kier molecular flexibility index (Phi) is 58.5. The molecular weight excluding hydrogens is 1170 g/mol. The van der Waals surface area contributed by atoms with Crippen LogP contribution in [-0.2, 0) is 65.4 Å². The predicted octanol–water partition coefficient (Wildman–Crippen LogP) is 19.7. The number of ether oxygens (including phenoxy) is 4. The molecule has 3 N–H and O–H groups in total. The van der Waals surface area contributed by atoms with Gasteiger partial charge in [-0.15, -0.1) is 0 Å². The van der Waals surface area contributed by atoms with Crippen LogP contribution in [0.1, 0.15) is 344 Å². The molecule has 0 aliphatic heterocycles. The van der Waals surface area contributed by atoms with E-state index in [0.29, 0.717) is 31.6 Å². The minimum atomic E-state index is -4.95. The average Bonchev–Trinajstić information content (AvgIpc) is 3.68. The molecule has 17 nitrogen and oxygen atoms in total. The lowest BCUT2D eigenvalue weighted by atomic mass is 9.99. The fraction of sp³-hybridized carbons (Fsp3) is 0.943. The molecule has 0 radical (unpaired) electrons. The van der Waals surface area contributed by atoms with Gasteiger partial charge in [0.2, 0.25) is 0 Å². The number of phosphoric ester groups is 2. The predicted molar refractivity (Wildman–Crippen MR) is 358 cm³/mol. The standard InChI is InChI=1S/C70H136O17P2/c1-9-63(8)49-41-33-24-17-14-15-19-27-36-44-52-69(74)86-65(56-80-67(72)50-42-34-25-18-13-11-10-12-16-22-30-38-46-60(2)3)58-84-88(76,77)82-54-64(71)55-83-89(78,79)85-59-66(87-70(75)53-45-37-29-28-32-40-48-62(6)7)57-81-68(73)51-43-35-26-21-20-23-31-39-47-61(4)5/h60-66,71H,9-59H2,1-8H3,(H,76,77)(H,78,79)/t63?,64?,65-,66-/m1/s1. The van der Waals surface area contributed by atoms with Crippen LogP contribution in [0.4, 0.5) is 0 Å². The van der Waals surface area contributed by atoms with E-state index in [-0.39, 0.29) is 25.7 Å². The summed E-state index contributed by atoms with van der Waals surface area (Å²) in [5, 5.41) is 10.6. The first kappa shape index (κ1) is 87.1. The Morgan fingerprint density at radius 3 is 0.798 bits per heavy atom. The summed E-state index contributed by atoms with van der Waals surface area (Å²) in [5.74, 6) is 0.847. The van der Waals surface area contributed by atoms with Crippen molar-refractivity contribution in [3.05, 3.63) is 0 Å². The molecule has 6 atom stereocenters. The van der Waals surface area contributed by atoms with Gasteiger partial charge in [0, 0.05) is 25.7 Å². The van der Waals surface area contributed by atoms with E-state index in [1.54, 1.807) is 0 Å². The maximum Gasteiger partial charge on any atom is 0.472 e. The van der Waals surface area contributed by atoms with Crippen LogP contribution in [0.5, 0.6) is 0 Å². The number of esters is 4. The van der Waals surface area contributed by atoms with E-state index in [9.17, 15) is 43.2 Å². The Morgan fingerprint density at radius 1 is 0.315 bits per heavy atom. The van der Waals surface area contributed by atoms with E-state index < -0.39 is 97.5 Å². The molecule has 4 unspecified atom stereocenters. The molecule has 0 aromatic rings. The average molecular weight is 1310 g/mol. The van der Waals surface area contributed by atoms with Gasteiger partial charge < -0.3 is 33.8 Å². The Hall–Kier alpha value is -1.94. The quantitative estimate of drug-likeness (QED) is 0.0222. The highest BCUT2D eigenvalue weighted by molar-refractivity contribution is 7.47. The minimum Gasteiger partial charge on any atom is -0.462 e. The van der Waals surface area contributed by atoms with Crippen LogP contribution in [0.15, 0.2) is 0 Å². The van der Waals surface area contributed by atoms with Gasteiger partial charge in [-0.3, -0.25) is 37.3 Å². The van der Waals surface area contributed by atoms with Crippen LogP contribution in [0, 0.1) is 23.7 Å². The van der Waals surface area contributed by atoms with Gasteiger partial charge in [-0.25, -0.2) is 9.13 Å². The molecule has 0 aliphatic rings. The lowest BCUT2D eigenvalue weighted by Gasteiger charge is -2.21. The molecule has 0 aromatic heterocycles. The molecule has 0 heterocycles. The normalized spacial score (nSPS) is 14.6. The van der Waals surface area contributed by atoms with Crippen molar-refractivity contribution in [1.29, 1.82) is 0 Å². The highest BCUT2D eigenvalue weighted by atomic mass is 31.2. The fourth-order valence-corrected chi connectivity index (χ4v) is 12.0. The lowest BCUT2D eigenvalue weighted by molar-refractivity contribution is -0.161. The molecule has 0 amide bonds. The number of unbranched alkanes of at least 4 members (excludes halogenated alkanes) is 32. The zero-order valence-electron chi connectivity index (χ0n) is 58.1. The number of phosphoric acid groups is 2. The molecule has 0 saturated carbocycles. The summed E-state index contributed by atoms with van der Waals surface area (Å²) in [6.07, 6.45) is 41.8. The second-order valence-electron chi connectivity index (χ2n) is 26.9. The summed E-state index contributed by atoms with van der Waals surface area (Å²) >= 11 is 0. The Morgan fingerprint density at radius 2 is 0.539 bits per heavy atom. The molecule has 0 aromatic carbocycles. The van der Waals surface area contributed by atoms with E-state index in [1.807, 2.05) is 0 Å². The molecule has 0 saturated heterocycles. The van der Waals surface area contributed by atoms with Gasteiger partial charge in [-0.05, 0) is 49.4 Å². The van der Waals surface area contributed by atoms with Gasteiger partial charge in [0.1, 0.15) is 19.3 Å². The number of hydrogen-bond acceptors (Lipinski definition) is 15. The number of aliphatic hydroxyl groups is 1. The lowest BCUT2D eigenvalue weighted by Crippen LogP contribution is -2.30. The largest absolute Gasteiger partial charge is 0.472 e. The first-order valence-electron chi connectivity index (χ1n) is 36.2. The van der Waals surface area contributed by atoms with E-state index in [0.717, 1.165) is 108 Å². The van der Waals surface area contributed by atoms with Crippen molar-refractivity contribution < 1.29 is 80.2 Å². The molecule has 0 bridgehead atoms. The van der Waals surface area contributed by atoms with Crippen LogP contribution >= 0.6 is 15.6 Å². The van der Waals surface area contributed by atoms with Crippen LogP contribution in [-0.4, -0.2) is 96.7 Å². The number of carbonyl (C=O) groups excluding carboxylic acids is 4. The van der Waals surface area contributed by atoms with Gasteiger partial charge in [-0.1, -0.05) is 293 Å². The van der Waals surface area contributed by atoms with Crippen molar-refractivity contribution >= 4 is 39.5 Å². The number of aliphatic hydroxyl groups excluding tert-OH is 1. The molecular formula is C70H136O17P2. The van der Waals surface area contributed by atoms with Crippen molar-refractivity contribution in [2.24, 2.45) is 23.7 Å². The summed E-state index contributed by atoms with van der Waals surface area (Å²) < 4.78 is 68.2. The third-order valence-corrected chi connectivity index (χ3v) is 18.3.